The van der Waals surface area contributed by atoms with Crippen LogP contribution < -0.4 is 0 Å². The van der Waals surface area contributed by atoms with E-state index in [-0.39, 0.29) is 6.10 Å². The normalized spacial score (nSPS) is 27.9. The van der Waals surface area contributed by atoms with Crippen molar-refractivity contribution in [1.29, 1.82) is 0 Å². The second kappa shape index (κ2) is 4.59. The Kier molecular flexibility index (Phi) is 3.86. The highest BCUT2D eigenvalue weighted by atomic mass is 16.9. The summed E-state index contributed by atoms with van der Waals surface area (Å²) in [6, 6.07) is 0. The van der Waals surface area contributed by atoms with Gasteiger partial charge in [-0.2, -0.15) is 0 Å². The van der Waals surface area contributed by atoms with Gasteiger partial charge in [-0.05, 0) is 6.92 Å². The van der Waals surface area contributed by atoms with Crippen molar-refractivity contribution in [2.75, 3.05) is 28.4 Å². The third-order valence-electron chi connectivity index (χ3n) is 2.59. The summed E-state index contributed by atoms with van der Waals surface area (Å²) in [6.45, 7) is 1.89. The number of ether oxygens (including phenoxy) is 5. The minimum absolute atomic E-state index is 0.350. The van der Waals surface area contributed by atoms with Crippen molar-refractivity contribution in [3.63, 3.8) is 0 Å². The highest BCUT2D eigenvalue weighted by molar-refractivity contribution is 5.09. The zero-order valence-electron chi connectivity index (χ0n) is 9.77. The van der Waals surface area contributed by atoms with Crippen molar-refractivity contribution in [1.82, 2.24) is 0 Å². The first-order valence-electron chi connectivity index (χ1n) is 4.67. The summed E-state index contributed by atoms with van der Waals surface area (Å²) in [5, 5.41) is 0. The number of hydrogen-bond donors (Lipinski definition) is 0. The van der Waals surface area contributed by atoms with Gasteiger partial charge in [0.15, 0.2) is 0 Å². The molecule has 0 spiro atoms. The molecule has 0 N–H and O–H groups in total. The van der Waals surface area contributed by atoms with Gasteiger partial charge in [-0.1, -0.05) is 12.2 Å². The van der Waals surface area contributed by atoms with Gasteiger partial charge in [0.1, 0.15) is 6.10 Å². The zero-order chi connectivity index (χ0) is 11.5. The molecule has 0 saturated carbocycles. The maximum atomic E-state index is 5.48. The highest BCUT2D eigenvalue weighted by Gasteiger charge is 2.72. The summed E-state index contributed by atoms with van der Waals surface area (Å²) in [4.78, 5) is 0. The molecule has 15 heavy (non-hydrogen) atoms. The zero-order valence-corrected chi connectivity index (χ0v) is 9.77. The topological polar surface area (TPSA) is 46.2 Å². The Bertz CT molecular complexity index is 230. The predicted molar refractivity (Wildman–Crippen MR) is 53.2 cm³/mol. The average molecular weight is 218 g/mol. The molecule has 1 heterocycles. The van der Waals surface area contributed by atoms with Crippen LogP contribution in [0.1, 0.15) is 6.92 Å². The van der Waals surface area contributed by atoms with Gasteiger partial charge in [-0.25, -0.2) is 0 Å². The molecule has 0 bridgehead atoms. The number of methoxy groups -OCH3 is 4. The Morgan fingerprint density at radius 3 is 1.87 bits per heavy atom. The Morgan fingerprint density at radius 2 is 1.53 bits per heavy atom. The first-order valence-corrected chi connectivity index (χ1v) is 4.67. The predicted octanol–water partition coefficient (Wildman–Crippen LogP) is 0.897. The van der Waals surface area contributed by atoms with E-state index in [4.69, 9.17) is 23.7 Å². The summed E-state index contributed by atoms with van der Waals surface area (Å²) < 4.78 is 26.5. The fourth-order valence-corrected chi connectivity index (χ4v) is 1.81. The largest absolute Gasteiger partial charge is 0.344 e. The second-order valence-corrected chi connectivity index (χ2v) is 3.10. The smallest absolute Gasteiger partial charge is 0.344 e. The number of allylic oxidation sites excluding steroid dienone is 1. The van der Waals surface area contributed by atoms with E-state index in [1.54, 1.807) is 0 Å². The van der Waals surface area contributed by atoms with Crippen LogP contribution in [0, 0.1) is 0 Å². The van der Waals surface area contributed by atoms with Crippen LogP contribution in [-0.2, 0) is 23.7 Å². The van der Waals surface area contributed by atoms with Gasteiger partial charge >= 0.3 is 5.97 Å². The van der Waals surface area contributed by atoms with Crippen LogP contribution in [0.3, 0.4) is 0 Å². The summed E-state index contributed by atoms with van der Waals surface area (Å²) in [5.74, 6) is -2.37. The fourth-order valence-electron chi connectivity index (χ4n) is 1.81. The molecular formula is C10H18O5. The lowest BCUT2D eigenvalue weighted by Gasteiger charge is -2.56. The minimum Gasteiger partial charge on any atom is -0.344 e. The molecule has 1 saturated heterocycles. The Balaban J connectivity index is 2.97. The van der Waals surface area contributed by atoms with Gasteiger partial charge < -0.3 is 23.7 Å². The Labute approximate surface area is 89.9 Å². The SMILES string of the molecule is C/C=C/[C@@H]1OC(OC)(OC)C1(OC)OC. The molecule has 1 aliphatic rings. The third kappa shape index (κ3) is 1.51. The van der Waals surface area contributed by atoms with Crippen LogP contribution in [0.25, 0.3) is 0 Å². The Morgan fingerprint density at radius 1 is 1.00 bits per heavy atom. The van der Waals surface area contributed by atoms with Crippen LogP contribution in [-0.4, -0.2) is 46.3 Å². The average Bonchev–Trinajstić information content (AvgIpc) is 2.26. The van der Waals surface area contributed by atoms with E-state index in [0.717, 1.165) is 0 Å². The van der Waals surface area contributed by atoms with Crippen molar-refractivity contribution in [3.8, 4) is 0 Å². The fraction of sp³-hybridized carbons (Fsp3) is 0.800. The van der Waals surface area contributed by atoms with E-state index in [1.807, 2.05) is 19.1 Å². The van der Waals surface area contributed by atoms with Crippen LogP contribution in [0.4, 0.5) is 0 Å². The molecule has 5 nitrogen and oxygen atoms in total. The minimum atomic E-state index is -1.30. The summed E-state index contributed by atoms with van der Waals surface area (Å²) in [5.41, 5.74) is 0. The van der Waals surface area contributed by atoms with E-state index >= 15 is 0 Å². The van der Waals surface area contributed by atoms with E-state index in [2.05, 4.69) is 0 Å². The molecule has 0 amide bonds. The van der Waals surface area contributed by atoms with Gasteiger partial charge in [-0.3, -0.25) is 0 Å². The molecule has 1 fully saturated rings. The first kappa shape index (κ1) is 12.6. The van der Waals surface area contributed by atoms with Gasteiger partial charge in [0, 0.05) is 28.4 Å². The molecule has 0 aromatic rings. The molecule has 1 rings (SSSR count). The molecule has 5 heteroatoms. The molecule has 0 radical (unpaired) electrons. The Hall–Kier alpha value is -0.460. The summed E-state index contributed by atoms with van der Waals surface area (Å²) in [6.07, 6.45) is 3.33. The van der Waals surface area contributed by atoms with E-state index in [0.29, 0.717) is 0 Å². The van der Waals surface area contributed by atoms with Gasteiger partial charge in [0.05, 0.1) is 0 Å². The quantitative estimate of drug-likeness (QED) is 0.506. The molecular weight excluding hydrogens is 200 g/mol. The number of rotatable bonds is 5. The number of hydrogen-bond acceptors (Lipinski definition) is 5. The van der Waals surface area contributed by atoms with Gasteiger partial charge in [-0.15, -0.1) is 0 Å². The second-order valence-electron chi connectivity index (χ2n) is 3.10. The van der Waals surface area contributed by atoms with Crippen LogP contribution in [0.15, 0.2) is 12.2 Å². The molecule has 0 aliphatic carbocycles. The lowest BCUT2D eigenvalue weighted by molar-refractivity contribution is -0.574. The van der Waals surface area contributed by atoms with Crippen molar-refractivity contribution in [2.45, 2.75) is 24.8 Å². The van der Waals surface area contributed by atoms with E-state index in [9.17, 15) is 0 Å². The monoisotopic (exact) mass is 218 g/mol. The van der Waals surface area contributed by atoms with Crippen molar-refractivity contribution >= 4 is 0 Å². The van der Waals surface area contributed by atoms with Crippen molar-refractivity contribution < 1.29 is 23.7 Å². The van der Waals surface area contributed by atoms with E-state index in [1.165, 1.54) is 28.4 Å². The summed E-state index contributed by atoms with van der Waals surface area (Å²) >= 11 is 0. The molecule has 0 aromatic carbocycles. The van der Waals surface area contributed by atoms with E-state index < -0.39 is 11.8 Å². The summed E-state index contributed by atoms with van der Waals surface area (Å²) in [7, 11) is 6.00. The maximum Gasteiger partial charge on any atom is 0.344 e. The first-order chi connectivity index (χ1) is 7.16. The van der Waals surface area contributed by atoms with Crippen LogP contribution in [0.2, 0.25) is 0 Å². The standard InChI is InChI=1S/C10H18O5/c1-6-7-8-9(11-2,12-3)10(13-4,14-5)15-8/h6-8H,1-5H3/b7-6+/t8-/m0/s1. The third-order valence-corrected chi connectivity index (χ3v) is 2.59. The van der Waals surface area contributed by atoms with Crippen LogP contribution in [0.5, 0.6) is 0 Å². The molecule has 0 aromatic heterocycles. The lowest BCUT2D eigenvalue weighted by atomic mass is 9.99. The molecule has 88 valence electrons. The van der Waals surface area contributed by atoms with Crippen LogP contribution >= 0.6 is 0 Å². The van der Waals surface area contributed by atoms with Crippen molar-refractivity contribution in [3.05, 3.63) is 12.2 Å². The van der Waals surface area contributed by atoms with Gasteiger partial charge in [0.2, 0.25) is 0 Å². The highest BCUT2D eigenvalue weighted by Crippen LogP contribution is 2.47. The van der Waals surface area contributed by atoms with Crippen molar-refractivity contribution in [2.24, 2.45) is 0 Å². The molecule has 0 unspecified atom stereocenters. The molecule has 1 atom stereocenters. The maximum absolute atomic E-state index is 5.48. The lowest BCUT2D eigenvalue weighted by Crippen LogP contribution is -2.77. The molecule has 1 aliphatic heterocycles. The van der Waals surface area contributed by atoms with Gasteiger partial charge in [0.25, 0.3) is 5.79 Å².